The Morgan fingerprint density at radius 1 is 1.26 bits per heavy atom. The second-order valence-electron chi connectivity index (χ2n) is 4.68. The number of hydrogen-bond donors (Lipinski definition) is 2. The first-order valence-corrected chi connectivity index (χ1v) is 9.06. The summed E-state index contributed by atoms with van der Waals surface area (Å²) in [6.45, 7) is 1.62. The molecule has 2 nitrogen and oxygen atoms in total. The molecule has 0 aromatic heterocycles. The van der Waals surface area contributed by atoms with E-state index >= 15 is 0 Å². The summed E-state index contributed by atoms with van der Waals surface area (Å²) in [4.78, 5) is 0. The second kappa shape index (κ2) is 10.7. The first-order valence-electron chi connectivity index (χ1n) is 6.87. The number of unbranched alkanes of at least 4 members (excludes halogenated alkanes) is 3. The quantitative estimate of drug-likeness (QED) is 0.628. The largest absolute Gasteiger partial charge is 0.387 e. The first-order chi connectivity index (χ1) is 9.24. The Labute approximate surface area is 129 Å². The van der Waals surface area contributed by atoms with Crippen molar-refractivity contribution in [1.29, 1.82) is 0 Å². The van der Waals surface area contributed by atoms with Gasteiger partial charge in [-0.05, 0) is 49.1 Å². The maximum absolute atomic E-state index is 10.0. The summed E-state index contributed by atoms with van der Waals surface area (Å²) in [6, 6.07) is 7.85. The molecule has 1 aromatic rings. The van der Waals surface area contributed by atoms with E-state index in [1.165, 1.54) is 31.4 Å². The molecule has 1 rings (SSSR count). The van der Waals surface area contributed by atoms with Crippen LogP contribution in [0.4, 0.5) is 0 Å². The van der Waals surface area contributed by atoms with Crippen molar-refractivity contribution < 1.29 is 5.11 Å². The van der Waals surface area contributed by atoms with Crippen molar-refractivity contribution in [3.8, 4) is 0 Å². The van der Waals surface area contributed by atoms with Crippen molar-refractivity contribution in [2.75, 3.05) is 25.1 Å². The lowest BCUT2D eigenvalue weighted by molar-refractivity contribution is 0.174. The lowest BCUT2D eigenvalue weighted by atomic mass is 10.1. The SMILES string of the molecule is CSCCCCCCNCC(O)c1cccc(Br)c1. The van der Waals surface area contributed by atoms with Crippen LogP contribution < -0.4 is 5.32 Å². The Morgan fingerprint density at radius 2 is 2.05 bits per heavy atom. The van der Waals surface area contributed by atoms with Gasteiger partial charge in [0.1, 0.15) is 0 Å². The van der Waals surface area contributed by atoms with E-state index in [1.807, 2.05) is 36.0 Å². The summed E-state index contributed by atoms with van der Waals surface area (Å²) in [7, 11) is 0. The van der Waals surface area contributed by atoms with Crippen LogP contribution in [-0.4, -0.2) is 30.2 Å². The summed E-state index contributed by atoms with van der Waals surface area (Å²) in [5, 5.41) is 13.4. The van der Waals surface area contributed by atoms with Gasteiger partial charge < -0.3 is 10.4 Å². The lowest BCUT2D eigenvalue weighted by Gasteiger charge is -2.12. The predicted octanol–water partition coefficient (Wildman–Crippen LogP) is 4.00. The molecule has 0 bridgehead atoms. The summed E-state index contributed by atoms with van der Waals surface area (Å²) < 4.78 is 1.01. The molecule has 0 aliphatic heterocycles. The number of thioether (sulfide) groups is 1. The van der Waals surface area contributed by atoms with Gasteiger partial charge in [0.2, 0.25) is 0 Å². The third-order valence-corrected chi connectivity index (χ3v) is 4.21. The molecule has 19 heavy (non-hydrogen) atoms. The minimum Gasteiger partial charge on any atom is -0.387 e. The zero-order valence-corrected chi connectivity index (χ0v) is 14.0. The second-order valence-corrected chi connectivity index (χ2v) is 6.58. The summed E-state index contributed by atoms with van der Waals surface area (Å²) in [6.07, 6.45) is 6.85. The van der Waals surface area contributed by atoms with Crippen molar-refractivity contribution in [2.45, 2.75) is 31.8 Å². The predicted molar refractivity (Wildman–Crippen MR) is 88.8 cm³/mol. The molecule has 0 saturated heterocycles. The average Bonchev–Trinajstić information content (AvgIpc) is 2.41. The summed E-state index contributed by atoms with van der Waals surface area (Å²) in [5.41, 5.74) is 0.960. The van der Waals surface area contributed by atoms with Crippen LogP contribution in [0.3, 0.4) is 0 Å². The van der Waals surface area contributed by atoms with Crippen LogP contribution in [0.15, 0.2) is 28.7 Å². The van der Waals surface area contributed by atoms with Crippen molar-refractivity contribution in [1.82, 2.24) is 5.32 Å². The number of hydrogen-bond acceptors (Lipinski definition) is 3. The normalized spacial score (nSPS) is 12.6. The van der Waals surface area contributed by atoms with Gasteiger partial charge in [-0.3, -0.25) is 0 Å². The zero-order chi connectivity index (χ0) is 13.9. The first kappa shape index (κ1) is 17.0. The van der Waals surface area contributed by atoms with Gasteiger partial charge in [-0.15, -0.1) is 0 Å². The van der Waals surface area contributed by atoms with Gasteiger partial charge in [0.05, 0.1) is 6.10 Å². The van der Waals surface area contributed by atoms with Gasteiger partial charge in [0.15, 0.2) is 0 Å². The number of nitrogens with one attached hydrogen (secondary N) is 1. The highest BCUT2D eigenvalue weighted by atomic mass is 79.9. The Kier molecular flexibility index (Phi) is 9.61. The fourth-order valence-electron chi connectivity index (χ4n) is 1.92. The zero-order valence-electron chi connectivity index (χ0n) is 11.6. The van der Waals surface area contributed by atoms with Crippen LogP contribution in [0.5, 0.6) is 0 Å². The van der Waals surface area contributed by atoms with Gasteiger partial charge in [-0.25, -0.2) is 0 Å². The maximum atomic E-state index is 10.0. The highest BCUT2D eigenvalue weighted by Crippen LogP contribution is 2.17. The molecule has 4 heteroatoms. The van der Waals surface area contributed by atoms with Gasteiger partial charge >= 0.3 is 0 Å². The molecule has 0 aliphatic rings. The molecule has 108 valence electrons. The third kappa shape index (κ3) is 7.98. The molecule has 0 fully saturated rings. The van der Waals surface area contributed by atoms with E-state index in [0.717, 1.165) is 16.6 Å². The fourth-order valence-corrected chi connectivity index (χ4v) is 2.83. The van der Waals surface area contributed by atoms with E-state index in [2.05, 4.69) is 27.5 Å². The fraction of sp³-hybridized carbons (Fsp3) is 0.600. The van der Waals surface area contributed by atoms with E-state index in [0.29, 0.717) is 6.54 Å². The molecule has 1 atom stereocenters. The molecule has 2 N–H and O–H groups in total. The molecule has 0 radical (unpaired) electrons. The molecular formula is C15H24BrNOS. The standard InChI is InChI=1S/C15H24BrNOS/c1-19-10-5-3-2-4-9-17-12-15(18)13-7-6-8-14(16)11-13/h6-8,11,15,17-18H,2-5,9-10,12H2,1H3. The van der Waals surface area contributed by atoms with Gasteiger partial charge in [-0.1, -0.05) is 40.9 Å². The third-order valence-electron chi connectivity index (χ3n) is 3.02. The Hall–Kier alpha value is -0.0300. The highest BCUT2D eigenvalue weighted by Gasteiger charge is 2.06. The lowest BCUT2D eigenvalue weighted by Crippen LogP contribution is -2.22. The number of rotatable bonds is 10. The molecule has 0 aliphatic carbocycles. The summed E-state index contributed by atoms with van der Waals surface area (Å²) >= 11 is 5.34. The van der Waals surface area contributed by atoms with Crippen LogP contribution in [0.25, 0.3) is 0 Å². The Bertz CT molecular complexity index is 349. The van der Waals surface area contributed by atoms with Crippen LogP contribution in [0.2, 0.25) is 0 Å². The van der Waals surface area contributed by atoms with E-state index in [9.17, 15) is 5.11 Å². The number of benzene rings is 1. The van der Waals surface area contributed by atoms with Crippen LogP contribution >= 0.6 is 27.7 Å². The topological polar surface area (TPSA) is 32.3 Å². The Morgan fingerprint density at radius 3 is 2.79 bits per heavy atom. The van der Waals surface area contributed by atoms with Gasteiger partial charge in [0, 0.05) is 11.0 Å². The van der Waals surface area contributed by atoms with E-state index in [-0.39, 0.29) is 0 Å². The Balaban J connectivity index is 2.06. The smallest absolute Gasteiger partial charge is 0.0914 e. The van der Waals surface area contributed by atoms with Crippen LogP contribution in [0.1, 0.15) is 37.4 Å². The molecule has 0 heterocycles. The molecule has 0 saturated carbocycles. The van der Waals surface area contributed by atoms with Crippen LogP contribution in [0, 0.1) is 0 Å². The van der Waals surface area contributed by atoms with Crippen molar-refractivity contribution in [3.05, 3.63) is 34.3 Å². The molecule has 1 unspecified atom stereocenters. The van der Waals surface area contributed by atoms with Crippen molar-refractivity contribution in [2.24, 2.45) is 0 Å². The molecule has 0 amide bonds. The summed E-state index contributed by atoms with van der Waals surface area (Å²) in [5.74, 6) is 1.27. The van der Waals surface area contributed by atoms with E-state index < -0.39 is 6.10 Å². The van der Waals surface area contributed by atoms with Crippen molar-refractivity contribution in [3.63, 3.8) is 0 Å². The van der Waals surface area contributed by atoms with E-state index in [1.54, 1.807) is 0 Å². The highest BCUT2D eigenvalue weighted by molar-refractivity contribution is 9.10. The monoisotopic (exact) mass is 345 g/mol. The average molecular weight is 346 g/mol. The number of aliphatic hydroxyl groups excluding tert-OH is 1. The van der Waals surface area contributed by atoms with Gasteiger partial charge in [0.25, 0.3) is 0 Å². The van der Waals surface area contributed by atoms with Crippen LogP contribution in [-0.2, 0) is 0 Å². The van der Waals surface area contributed by atoms with Crippen molar-refractivity contribution >= 4 is 27.7 Å². The molecular weight excluding hydrogens is 322 g/mol. The van der Waals surface area contributed by atoms with E-state index in [4.69, 9.17) is 0 Å². The minimum absolute atomic E-state index is 0.422. The molecule has 1 aromatic carbocycles. The minimum atomic E-state index is -0.422. The maximum Gasteiger partial charge on any atom is 0.0914 e. The number of aliphatic hydroxyl groups is 1. The molecule has 0 spiro atoms. The number of halogens is 1. The van der Waals surface area contributed by atoms with Gasteiger partial charge in [-0.2, -0.15) is 11.8 Å².